The number of nitrogen functional groups attached to an aromatic ring is 2. The Bertz CT molecular complexity index is 6930. The molecular formula is C81H67N19O9S9. The third kappa shape index (κ3) is 17.7. The van der Waals surface area contributed by atoms with Crippen molar-refractivity contribution in [3.63, 3.8) is 0 Å². The standard InChI is InChI=1S/C35H27N9O4S3.C21H15N3O2S3.C13H14N6O.C12H11NO2S3/c1-37-23(32-41-22-5-3-4-6-24(22)48-32)13-21-14-25-29(49-21)30-26(50-25)15-27(51-30)44(2)11-12-46-35(45)38-16-19-7-9-20(10-8-19)17-47-33-28-31(40-18-39-28)42-34(36)43-33;1-22-14(21-23-13-5-3-4-6-15(13)26-21)9-12-10-16-19(27-12)20-17(28-16)11-18(29-20)24(2)7-8-25;14-5-8-1-3-9(4-2-8)6-20-12-10-11(17-7-16-10)18-13(15)19-12;1-13(2-3-14)10-5-9-12(18-10)11-8(17-9)4-7(6-15)16-11/h3-10,13-15,18H,11-12,16-17H2,2H3,(H,38,45)(H3,36,39,40,42,43);3-6,9-11,25H,7-8H2,2H3;1-4,7H,5-6,14H2,(H3,15,16,17,18,19);4-6,14H,2-3H2,1H3/b23-13-;14-9-;;. The number of carbonyl (C=O) groups is 2. The number of oxazole rings is 2. The molecule has 0 atom stereocenters. The van der Waals surface area contributed by atoms with Gasteiger partial charge >= 0.3 is 6.09 Å². The second kappa shape index (κ2) is 35.6. The summed E-state index contributed by atoms with van der Waals surface area (Å²) in [5, 5.41) is 24.3. The van der Waals surface area contributed by atoms with Crippen LogP contribution < -0.4 is 46.7 Å². The molecule has 0 aliphatic carbocycles. The molecule has 0 fully saturated rings. The van der Waals surface area contributed by atoms with Crippen molar-refractivity contribution in [2.45, 2.75) is 26.3 Å². The van der Waals surface area contributed by atoms with E-state index in [4.69, 9.17) is 58.5 Å². The van der Waals surface area contributed by atoms with Gasteiger partial charge in [0, 0.05) is 85.3 Å². The first-order chi connectivity index (χ1) is 57.5. The molecular weight excluding hydrogens is 1670 g/mol. The number of nitrogens with two attached hydrogens (primary N) is 3. The Kier molecular flexibility index (Phi) is 24.0. The monoisotopic (exact) mass is 1740 g/mol. The number of aliphatic hydroxyl groups is 2. The maximum Gasteiger partial charge on any atom is 0.407 e. The molecule has 19 aromatic rings. The van der Waals surface area contributed by atoms with Crippen molar-refractivity contribution < 1.29 is 42.8 Å². The molecule has 19 rings (SSSR count). The third-order valence-electron chi connectivity index (χ3n) is 18.1. The normalized spacial score (nSPS) is 11.7. The number of rotatable bonds is 24. The van der Waals surface area contributed by atoms with E-state index >= 15 is 0 Å². The quantitative estimate of drug-likeness (QED) is 0.0206. The number of hydrogen-bond donors (Lipinski definition) is 8. The maximum atomic E-state index is 12.4. The molecule has 15 aromatic heterocycles. The van der Waals surface area contributed by atoms with Crippen molar-refractivity contribution in [2.24, 2.45) is 5.73 Å². The van der Waals surface area contributed by atoms with Crippen LogP contribution in [0.5, 0.6) is 11.8 Å². The second-order valence-electron chi connectivity index (χ2n) is 26.1. The Labute approximate surface area is 706 Å². The van der Waals surface area contributed by atoms with Crippen LogP contribution in [-0.2, 0) is 31.0 Å². The Balaban J connectivity index is 0.000000130. The Hall–Kier alpha value is -12.3. The van der Waals surface area contributed by atoms with E-state index in [0.717, 1.165) is 69.2 Å². The number of carbonyl (C=O) groups excluding carboxylic acids is 2. The highest BCUT2D eigenvalue weighted by Gasteiger charge is 2.22. The number of hydrogen-bond acceptors (Lipinski definition) is 32. The number of ether oxygens (including phenoxy) is 3. The van der Waals surface area contributed by atoms with E-state index in [0.29, 0.717) is 108 Å². The van der Waals surface area contributed by atoms with Gasteiger partial charge in [0.1, 0.15) is 41.9 Å². The smallest absolute Gasteiger partial charge is 0.407 e. The number of aromatic amines is 2. The van der Waals surface area contributed by atoms with Crippen LogP contribution in [0.4, 0.5) is 31.7 Å². The van der Waals surface area contributed by atoms with E-state index in [9.17, 15) is 14.7 Å². The van der Waals surface area contributed by atoms with Crippen LogP contribution in [0.2, 0.25) is 0 Å². The van der Waals surface area contributed by atoms with Crippen molar-refractivity contribution in [3.8, 4) is 11.8 Å². The van der Waals surface area contributed by atoms with Crippen molar-refractivity contribution in [1.82, 2.24) is 55.2 Å². The zero-order chi connectivity index (χ0) is 81.5. The molecule has 0 bridgehead atoms. The third-order valence-corrected chi connectivity index (χ3v) is 29.6. The summed E-state index contributed by atoms with van der Waals surface area (Å²) in [6, 6.07) is 43.3. The van der Waals surface area contributed by atoms with Crippen LogP contribution in [-0.4, -0.2) is 133 Å². The van der Waals surface area contributed by atoms with Gasteiger partial charge in [-0.05, 0) is 95.1 Å². The number of nitrogens with one attached hydrogen (secondary N) is 3. The average molecular weight is 1740 g/mol. The lowest BCUT2D eigenvalue weighted by molar-refractivity contribution is 0.112. The van der Waals surface area contributed by atoms with Gasteiger partial charge < -0.3 is 80.4 Å². The molecule has 11 N–H and O–H groups in total. The van der Waals surface area contributed by atoms with Gasteiger partial charge in [-0.1, -0.05) is 72.8 Å². The minimum atomic E-state index is -0.481. The van der Waals surface area contributed by atoms with Crippen LogP contribution in [0.3, 0.4) is 0 Å². The summed E-state index contributed by atoms with van der Waals surface area (Å²) in [6.45, 7) is 19.1. The van der Waals surface area contributed by atoms with Gasteiger partial charge in [0.25, 0.3) is 0 Å². The molecule has 594 valence electrons. The van der Waals surface area contributed by atoms with Crippen LogP contribution >= 0.6 is 102 Å². The first-order valence-corrected chi connectivity index (χ1v) is 43.4. The fourth-order valence-corrected chi connectivity index (χ4v) is 23.9. The van der Waals surface area contributed by atoms with Crippen molar-refractivity contribution in [1.29, 1.82) is 0 Å². The lowest BCUT2D eigenvalue weighted by atomic mass is 10.1. The van der Waals surface area contributed by atoms with E-state index in [1.165, 1.54) is 69.1 Å². The topological polar surface area (TPSA) is 372 Å². The van der Waals surface area contributed by atoms with E-state index in [2.05, 4.69) is 110 Å². The molecule has 1 amide bonds. The van der Waals surface area contributed by atoms with Gasteiger partial charge in [-0.2, -0.15) is 19.9 Å². The number of aldehydes is 1. The summed E-state index contributed by atoms with van der Waals surface area (Å²) in [5.41, 5.74) is 26.6. The molecule has 0 unspecified atom stereocenters. The number of aliphatic hydroxyl groups excluding tert-OH is 2. The van der Waals surface area contributed by atoms with Gasteiger partial charge in [0.05, 0.1) is 93.6 Å². The molecule has 0 spiro atoms. The fourth-order valence-electron chi connectivity index (χ4n) is 12.1. The number of thiophene rings is 9. The second-order valence-corrected chi connectivity index (χ2v) is 35.7. The predicted molar refractivity (Wildman–Crippen MR) is 481 cm³/mol. The molecule has 15 heterocycles. The summed E-state index contributed by atoms with van der Waals surface area (Å²) in [5.74, 6) is 1.63. The number of anilines is 5. The number of nitrogens with zero attached hydrogens (tertiary/aromatic N) is 13. The average Bonchev–Trinajstić information content (AvgIpc) is 1.61. The molecule has 0 radical (unpaired) electrons. The summed E-state index contributed by atoms with van der Waals surface area (Å²) in [7, 11) is 5.96. The molecule has 28 nitrogen and oxygen atoms in total. The number of alkyl carbamates (subject to hydrolysis) is 1. The minimum Gasteiger partial charge on any atom is -0.471 e. The van der Waals surface area contributed by atoms with Crippen LogP contribution in [0.25, 0.3) is 134 Å². The van der Waals surface area contributed by atoms with Crippen molar-refractivity contribution >= 4 is 266 Å². The lowest BCUT2D eigenvalue weighted by Crippen LogP contribution is -2.28. The first-order valence-electron chi connectivity index (χ1n) is 36.1. The number of imidazole rings is 2. The SMILES string of the molecule is CN(CCO)c1cc2sc3cc(C=O)sc3c2s1.NCc1ccc(COc2nc(N)nc3nc[nH]c23)cc1.[C-]#[N+]/C(=C\c1cc2sc3cc(N(C)CCO)sc3c2s1)c1nc2ccccc2o1.[C-]#[N+]/C(=C\c1cc2sc3cc(N(C)CCOC(=O)NCc4ccc(COc5nc(N)nc6nc[nH]c56)cc4)sc3c2s1)c1nc2ccccc2o1. The number of amides is 1. The number of benzene rings is 4. The molecule has 118 heavy (non-hydrogen) atoms. The highest BCUT2D eigenvalue weighted by molar-refractivity contribution is 7.41. The Morgan fingerprint density at radius 1 is 0.517 bits per heavy atom. The van der Waals surface area contributed by atoms with Gasteiger partial charge in [0.2, 0.25) is 46.8 Å². The van der Waals surface area contributed by atoms with Crippen molar-refractivity contribution in [2.75, 3.05) is 86.8 Å². The maximum absolute atomic E-state index is 12.4. The van der Waals surface area contributed by atoms with Crippen molar-refractivity contribution in [3.05, 3.63) is 218 Å². The van der Waals surface area contributed by atoms with Gasteiger partial charge in [-0.15, -0.1) is 102 Å². The van der Waals surface area contributed by atoms with E-state index in [1.807, 2.05) is 136 Å². The van der Waals surface area contributed by atoms with Crippen LogP contribution in [0.15, 0.2) is 155 Å². The Morgan fingerprint density at radius 2 is 0.915 bits per heavy atom. The zero-order valence-corrected chi connectivity index (χ0v) is 70.0. The Morgan fingerprint density at radius 3 is 1.34 bits per heavy atom. The van der Waals surface area contributed by atoms with E-state index in [1.54, 1.807) is 102 Å². The first kappa shape index (κ1) is 79.5. The lowest BCUT2D eigenvalue weighted by Gasteiger charge is -2.16. The van der Waals surface area contributed by atoms with E-state index in [-0.39, 0.29) is 38.3 Å². The summed E-state index contributed by atoms with van der Waals surface area (Å²) in [6.07, 6.45) is 7.17. The van der Waals surface area contributed by atoms with Gasteiger partial charge in [0.15, 0.2) is 28.7 Å². The van der Waals surface area contributed by atoms with Crippen LogP contribution in [0, 0.1) is 13.1 Å². The van der Waals surface area contributed by atoms with Gasteiger partial charge in [-0.25, -0.2) is 34.4 Å². The highest BCUT2D eigenvalue weighted by atomic mass is 32.1. The molecule has 0 saturated heterocycles. The van der Waals surface area contributed by atoms with Gasteiger partial charge in [-0.3, -0.25) is 4.79 Å². The molecule has 0 aliphatic heterocycles. The summed E-state index contributed by atoms with van der Waals surface area (Å²) >= 11 is 15.3. The number of para-hydroxylation sites is 4. The summed E-state index contributed by atoms with van der Waals surface area (Å²) in [4.78, 5) is 78.8. The number of aromatic nitrogens is 10. The molecule has 0 aliphatic rings. The fraction of sp³-hybridized carbons (Fsp3) is 0.160. The largest absolute Gasteiger partial charge is 0.471 e. The molecule has 4 aromatic carbocycles. The molecule has 0 saturated carbocycles. The number of likely N-dealkylation sites (N-methyl/N-ethyl adjacent to an activating group) is 3. The van der Waals surface area contributed by atoms with E-state index < -0.39 is 6.09 Å². The van der Waals surface area contributed by atoms with Crippen LogP contribution in [0.1, 0.15) is 53.5 Å². The number of H-pyrrole nitrogens is 2. The zero-order valence-electron chi connectivity index (χ0n) is 62.6. The minimum absolute atomic E-state index is 0.0892. The number of fused-ring (bicyclic) bond motifs is 13. The highest BCUT2D eigenvalue weighted by Crippen LogP contribution is 2.50. The molecule has 37 heteroatoms. The summed E-state index contributed by atoms with van der Waals surface area (Å²) < 4.78 is 43.3. The predicted octanol–water partition coefficient (Wildman–Crippen LogP) is 18.5.